The molecule has 3 aliphatic rings. The third kappa shape index (κ3) is 2.76. The number of para-hydroxylation sites is 1. The Kier molecular flexibility index (Phi) is 3.50. The van der Waals surface area contributed by atoms with Gasteiger partial charge >= 0.3 is 6.09 Å². The minimum Gasteiger partial charge on any atom is -0.410 e. The normalized spacial score (nSPS) is 19.1. The zero-order chi connectivity index (χ0) is 18.6. The van der Waals surface area contributed by atoms with Gasteiger partial charge in [0, 0.05) is 12.6 Å². The number of fused-ring (bicyclic) bond motifs is 2. The summed E-state index contributed by atoms with van der Waals surface area (Å²) in [5, 5.41) is 2.47. The van der Waals surface area contributed by atoms with Crippen LogP contribution in [0.25, 0.3) is 0 Å². The van der Waals surface area contributed by atoms with Crippen molar-refractivity contribution in [2.45, 2.75) is 31.1 Å². The molecule has 0 radical (unpaired) electrons. The number of carbonyl (C=O) groups excluding carboxylic acids is 2. The van der Waals surface area contributed by atoms with Gasteiger partial charge in [-0.05, 0) is 55.4 Å². The molecule has 0 aromatic heterocycles. The third-order valence-corrected chi connectivity index (χ3v) is 5.62. The van der Waals surface area contributed by atoms with Crippen molar-refractivity contribution >= 4 is 23.4 Å². The number of ether oxygens (including phenoxy) is 1. The Labute approximate surface area is 156 Å². The molecule has 2 aromatic carbocycles. The summed E-state index contributed by atoms with van der Waals surface area (Å²) in [6.07, 6.45) is 3.04. The van der Waals surface area contributed by atoms with Crippen molar-refractivity contribution in [3.05, 3.63) is 53.8 Å². The van der Waals surface area contributed by atoms with Gasteiger partial charge in [0.25, 0.3) is 0 Å². The van der Waals surface area contributed by atoms with Gasteiger partial charge in [0.15, 0.2) is 0 Å². The van der Waals surface area contributed by atoms with Crippen LogP contribution in [0.15, 0.2) is 42.5 Å². The Hall–Kier alpha value is -2.89. The fourth-order valence-electron chi connectivity index (χ4n) is 3.83. The minimum absolute atomic E-state index is 0.0435. The highest BCUT2D eigenvalue weighted by Gasteiger charge is 2.59. The number of nitrogens with one attached hydrogen (secondary N) is 1. The van der Waals surface area contributed by atoms with Gasteiger partial charge < -0.3 is 9.64 Å². The molecule has 1 heterocycles. The minimum atomic E-state index is -0.760. The Bertz CT molecular complexity index is 936. The van der Waals surface area contributed by atoms with E-state index in [1.54, 1.807) is 35.2 Å². The summed E-state index contributed by atoms with van der Waals surface area (Å²) in [5.41, 5.74) is 1.01. The fraction of sp³-hybridized carbons (Fsp3) is 0.333. The summed E-state index contributed by atoms with van der Waals surface area (Å²) < 4.78 is 19.8. The van der Waals surface area contributed by atoms with Crippen LogP contribution in [0.3, 0.4) is 0 Å². The molecule has 2 saturated carbocycles. The molecule has 0 atom stereocenters. The molecule has 5 rings (SSSR count). The molecule has 0 unspecified atom stereocenters. The van der Waals surface area contributed by atoms with Crippen molar-refractivity contribution in [1.29, 1.82) is 0 Å². The second kappa shape index (κ2) is 5.81. The number of rotatable bonds is 4. The van der Waals surface area contributed by atoms with Crippen molar-refractivity contribution in [2.75, 3.05) is 16.8 Å². The zero-order valence-corrected chi connectivity index (χ0v) is 14.7. The average Bonchev–Trinajstić information content (AvgIpc) is 3.56. The van der Waals surface area contributed by atoms with E-state index in [0.717, 1.165) is 31.2 Å². The van der Waals surface area contributed by atoms with E-state index in [0.29, 0.717) is 23.9 Å². The van der Waals surface area contributed by atoms with Crippen LogP contribution in [0.1, 0.15) is 31.2 Å². The summed E-state index contributed by atoms with van der Waals surface area (Å²) in [5.74, 6) is 0.413. The van der Waals surface area contributed by atoms with Crippen molar-refractivity contribution in [3.63, 3.8) is 0 Å². The van der Waals surface area contributed by atoms with Crippen LogP contribution >= 0.6 is 0 Å². The summed E-state index contributed by atoms with van der Waals surface area (Å²) >= 11 is 0. The summed E-state index contributed by atoms with van der Waals surface area (Å²) in [7, 11) is 0. The number of amides is 2. The predicted molar refractivity (Wildman–Crippen MR) is 98.5 cm³/mol. The van der Waals surface area contributed by atoms with Gasteiger partial charge in [-0.1, -0.05) is 18.2 Å². The topological polar surface area (TPSA) is 58.6 Å². The molecule has 1 aliphatic heterocycles. The standard InChI is InChI=1S/C21H19FN2O3/c22-16-11-18-15(21(8-9-21)19(25)24(18)12-13-6-7-13)10-17(16)23-20(26)27-14-4-2-1-3-5-14/h1-5,10-11,13H,6-9,12H2,(H,23,26). The smallest absolute Gasteiger partial charge is 0.410 e. The van der Waals surface area contributed by atoms with E-state index >= 15 is 0 Å². The number of hydrogen-bond donors (Lipinski definition) is 1. The molecule has 1 N–H and O–H groups in total. The van der Waals surface area contributed by atoms with Crippen molar-refractivity contribution in [3.8, 4) is 5.75 Å². The highest BCUT2D eigenvalue weighted by molar-refractivity contribution is 6.10. The summed E-state index contributed by atoms with van der Waals surface area (Å²) in [6, 6.07) is 11.6. The second-order valence-corrected chi connectivity index (χ2v) is 7.62. The lowest BCUT2D eigenvalue weighted by atomic mass is 9.97. The van der Waals surface area contributed by atoms with Gasteiger partial charge in [-0.25, -0.2) is 9.18 Å². The van der Waals surface area contributed by atoms with Crippen LogP contribution in [-0.4, -0.2) is 18.5 Å². The van der Waals surface area contributed by atoms with Gasteiger partial charge in [0.1, 0.15) is 11.6 Å². The molecule has 0 saturated heterocycles. The van der Waals surface area contributed by atoms with Crippen LogP contribution in [0.4, 0.5) is 20.6 Å². The number of halogens is 1. The van der Waals surface area contributed by atoms with Crippen LogP contribution in [0.5, 0.6) is 5.75 Å². The van der Waals surface area contributed by atoms with E-state index in [-0.39, 0.29) is 11.6 Å². The molecular weight excluding hydrogens is 347 g/mol. The van der Waals surface area contributed by atoms with Crippen LogP contribution < -0.4 is 15.0 Å². The van der Waals surface area contributed by atoms with Crippen molar-refractivity contribution < 1.29 is 18.7 Å². The van der Waals surface area contributed by atoms with Gasteiger partial charge in [-0.3, -0.25) is 10.1 Å². The quantitative estimate of drug-likeness (QED) is 0.881. The Morgan fingerprint density at radius 2 is 1.96 bits per heavy atom. The predicted octanol–water partition coefficient (Wildman–Crippen LogP) is 4.22. The first-order valence-corrected chi connectivity index (χ1v) is 9.27. The lowest BCUT2D eigenvalue weighted by Gasteiger charge is -2.18. The summed E-state index contributed by atoms with van der Waals surface area (Å²) in [6.45, 7) is 0.663. The Balaban J connectivity index is 1.42. The van der Waals surface area contributed by atoms with Gasteiger partial charge in [0.05, 0.1) is 16.8 Å². The van der Waals surface area contributed by atoms with E-state index in [1.165, 1.54) is 6.07 Å². The van der Waals surface area contributed by atoms with Crippen molar-refractivity contribution in [1.82, 2.24) is 0 Å². The Morgan fingerprint density at radius 3 is 2.63 bits per heavy atom. The van der Waals surface area contributed by atoms with Gasteiger partial charge in [-0.15, -0.1) is 0 Å². The molecule has 1 spiro atoms. The first kappa shape index (κ1) is 16.3. The van der Waals surface area contributed by atoms with E-state index in [4.69, 9.17) is 4.74 Å². The SMILES string of the molecule is O=C(Nc1cc2c(cc1F)N(CC1CC1)C(=O)C21CC1)Oc1ccccc1. The second-order valence-electron chi connectivity index (χ2n) is 7.62. The number of benzene rings is 2. The van der Waals surface area contributed by atoms with E-state index in [9.17, 15) is 14.0 Å². The highest BCUT2D eigenvalue weighted by Crippen LogP contribution is 2.58. The molecule has 2 fully saturated rings. The van der Waals surface area contributed by atoms with Crippen LogP contribution in [-0.2, 0) is 10.2 Å². The number of carbonyl (C=O) groups is 2. The van der Waals surface area contributed by atoms with E-state index < -0.39 is 17.3 Å². The number of anilines is 2. The first-order chi connectivity index (χ1) is 13.1. The summed E-state index contributed by atoms with van der Waals surface area (Å²) in [4.78, 5) is 26.7. The Morgan fingerprint density at radius 1 is 1.22 bits per heavy atom. The lowest BCUT2D eigenvalue weighted by molar-refractivity contribution is -0.120. The highest BCUT2D eigenvalue weighted by atomic mass is 19.1. The molecular formula is C21H19FN2O3. The molecule has 0 bridgehead atoms. The van der Waals surface area contributed by atoms with Crippen LogP contribution in [0, 0.1) is 11.7 Å². The lowest BCUT2D eigenvalue weighted by Crippen LogP contribution is -2.33. The molecule has 27 heavy (non-hydrogen) atoms. The van der Waals surface area contributed by atoms with E-state index in [2.05, 4.69) is 5.32 Å². The maximum absolute atomic E-state index is 14.7. The van der Waals surface area contributed by atoms with Gasteiger partial charge in [0.2, 0.25) is 5.91 Å². The number of hydrogen-bond acceptors (Lipinski definition) is 3. The third-order valence-electron chi connectivity index (χ3n) is 5.62. The molecule has 2 amide bonds. The van der Waals surface area contributed by atoms with E-state index in [1.807, 2.05) is 6.07 Å². The maximum Gasteiger partial charge on any atom is 0.417 e. The van der Waals surface area contributed by atoms with Gasteiger partial charge in [-0.2, -0.15) is 0 Å². The molecule has 6 heteroatoms. The molecule has 2 aliphatic carbocycles. The molecule has 2 aromatic rings. The largest absolute Gasteiger partial charge is 0.417 e. The fourth-order valence-corrected chi connectivity index (χ4v) is 3.83. The molecule has 138 valence electrons. The first-order valence-electron chi connectivity index (χ1n) is 9.27. The van der Waals surface area contributed by atoms with Crippen LogP contribution in [0.2, 0.25) is 0 Å². The molecule has 5 nitrogen and oxygen atoms in total. The van der Waals surface area contributed by atoms with Crippen molar-refractivity contribution in [2.24, 2.45) is 5.92 Å². The number of nitrogens with zero attached hydrogens (tertiary/aromatic N) is 1. The monoisotopic (exact) mass is 366 g/mol. The zero-order valence-electron chi connectivity index (χ0n) is 14.7. The maximum atomic E-state index is 14.7. The average molecular weight is 366 g/mol.